The summed E-state index contributed by atoms with van der Waals surface area (Å²) in [6.07, 6.45) is 4.47. The van der Waals surface area contributed by atoms with Crippen LogP contribution >= 0.6 is 0 Å². The van der Waals surface area contributed by atoms with E-state index in [-0.39, 0.29) is 11.7 Å². The second-order valence-corrected chi connectivity index (χ2v) is 5.98. The molecule has 1 fully saturated rings. The molecule has 1 saturated carbocycles. The van der Waals surface area contributed by atoms with E-state index in [4.69, 9.17) is 0 Å². The van der Waals surface area contributed by atoms with E-state index in [1.54, 1.807) is 6.07 Å². The Morgan fingerprint density at radius 3 is 2.74 bits per heavy atom. The highest BCUT2D eigenvalue weighted by atomic mass is 19.1. The van der Waals surface area contributed by atoms with Gasteiger partial charge in [-0.25, -0.2) is 4.39 Å². The van der Waals surface area contributed by atoms with Crippen LogP contribution in [-0.2, 0) is 0 Å². The minimum Gasteiger partial charge on any atom is -0.389 e. The van der Waals surface area contributed by atoms with Crippen molar-refractivity contribution >= 4 is 0 Å². The average Bonchev–Trinajstić information content (AvgIpc) is 2.38. The lowest BCUT2D eigenvalue weighted by atomic mass is 9.70. The smallest absolute Gasteiger partial charge is 0.126 e. The average molecular weight is 265 g/mol. The molecule has 2 rings (SSSR count). The molecule has 0 bridgehead atoms. The molecule has 106 valence electrons. The van der Waals surface area contributed by atoms with E-state index in [1.165, 1.54) is 6.07 Å². The van der Waals surface area contributed by atoms with Gasteiger partial charge in [-0.3, -0.25) is 0 Å². The molecule has 0 spiro atoms. The highest BCUT2D eigenvalue weighted by molar-refractivity contribution is 5.25. The van der Waals surface area contributed by atoms with Gasteiger partial charge in [0.2, 0.25) is 0 Å². The highest BCUT2D eigenvalue weighted by Crippen LogP contribution is 2.43. The van der Waals surface area contributed by atoms with Gasteiger partial charge in [-0.1, -0.05) is 31.0 Å². The Kier molecular flexibility index (Phi) is 4.58. The summed E-state index contributed by atoms with van der Waals surface area (Å²) >= 11 is 0. The summed E-state index contributed by atoms with van der Waals surface area (Å²) in [4.78, 5) is 2.07. The first kappa shape index (κ1) is 14.5. The SMILES string of the molecule is CN(C)CC[C@]1(O)CCCC[C@@H]1c1ccccc1F. The second kappa shape index (κ2) is 6.02. The molecule has 0 radical (unpaired) electrons. The second-order valence-electron chi connectivity index (χ2n) is 5.98. The van der Waals surface area contributed by atoms with E-state index in [0.29, 0.717) is 12.0 Å². The number of aliphatic hydroxyl groups is 1. The van der Waals surface area contributed by atoms with Gasteiger partial charge in [0.25, 0.3) is 0 Å². The molecule has 1 aliphatic rings. The van der Waals surface area contributed by atoms with Crippen LogP contribution in [-0.4, -0.2) is 36.2 Å². The van der Waals surface area contributed by atoms with Crippen LogP contribution in [0.2, 0.25) is 0 Å². The Morgan fingerprint density at radius 1 is 1.32 bits per heavy atom. The third-order valence-corrected chi connectivity index (χ3v) is 4.27. The fraction of sp³-hybridized carbons (Fsp3) is 0.625. The van der Waals surface area contributed by atoms with Crippen molar-refractivity contribution in [2.75, 3.05) is 20.6 Å². The molecule has 1 aromatic carbocycles. The molecule has 2 nitrogen and oxygen atoms in total. The summed E-state index contributed by atoms with van der Waals surface area (Å²) in [5, 5.41) is 11.0. The van der Waals surface area contributed by atoms with Gasteiger partial charge in [0.15, 0.2) is 0 Å². The maximum atomic E-state index is 14.0. The first-order chi connectivity index (χ1) is 9.03. The molecule has 0 unspecified atom stereocenters. The van der Waals surface area contributed by atoms with Gasteiger partial charge in [0, 0.05) is 12.5 Å². The normalized spacial score (nSPS) is 27.7. The van der Waals surface area contributed by atoms with Crippen LogP contribution in [0.4, 0.5) is 4.39 Å². The van der Waals surface area contributed by atoms with E-state index < -0.39 is 5.60 Å². The summed E-state index contributed by atoms with van der Waals surface area (Å²) in [7, 11) is 4.01. The zero-order valence-electron chi connectivity index (χ0n) is 11.9. The molecule has 2 atom stereocenters. The van der Waals surface area contributed by atoms with Crippen molar-refractivity contribution in [3.63, 3.8) is 0 Å². The number of hydrogen-bond donors (Lipinski definition) is 1. The summed E-state index contributed by atoms with van der Waals surface area (Å²) in [6, 6.07) is 6.89. The Hall–Kier alpha value is -0.930. The van der Waals surface area contributed by atoms with E-state index in [2.05, 4.69) is 4.90 Å². The van der Waals surface area contributed by atoms with E-state index in [1.807, 2.05) is 26.2 Å². The van der Waals surface area contributed by atoms with Crippen LogP contribution in [0.5, 0.6) is 0 Å². The van der Waals surface area contributed by atoms with Crippen LogP contribution in [0.25, 0.3) is 0 Å². The summed E-state index contributed by atoms with van der Waals surface area (Å²) < 4.78 is 14.0. The van der Waals surface area contributed by atoms with Crippen molar-refractivity contribution in [2.24, 2.45) is 0 Å². The lowest BCUT2D eigenvalue weighted by molar-refractivity contribution is -0.0296. The Morgan fingerprint density at radius 2 is 2.05 bits per heavy atom. The van der Waals surface area contributed by atoms with E-state index in [0.717, 1.165) is 32.2 Å². The minimum absolute atomic E-state index is 0.0672. The maximum Gasteiger partial charge on any atom is 0.126 e. The van der Waals surface area contributed by atoms with Gasteiger partial charge >= 0.3 is 0 Å². The number of halogens is 1. The van der Waals surface area contributed by atoms with Crippen LogP contribution in [0.1, 0.15) is 43.6 Å². The lowest BCUT2D eigenvalue weighted by Crippen LogP contribution is -2.41. The predicted molar refractivity (Wildman–Crippen MR) is 75.7 cm³/mol. The molecule has 1 aliphatic carbocycles. The van der Waals surface area contributed by atoms with Crippen molar-refractivity contribution in [1.29, 1.82) is 0 Å². The van der Waals surface area contributed by atoms with Gasteiger partial charge in [-0.2, -0.15) is 0 Å². The van der Waals surface area contributed by atoms with Crippen molar-refractivity contribution in [3.8, 4) is 0 Å². The zero-order chi connectivity index (χ0) is 13.9. The van der Waals surface area contributed by atoms with Crippen molar-refractivity contribution < 1.29 is 9.50 Å². The molecule has 1 aromatic rings. The van der Waals surface area contributed by atoms with Crippen LogP contribution < -0.4 is 0 Å². The Bertz CT molecular complexity index is 421. The summed E-state index contributed by atoms with van der Waals surface area (Å²) in [5.74, 6) is -0.250. The molecule has 0 heterocycles. The van der Waals surface area contributed by atoms with Gasteiger partial charge in [0.05, 0.1) is 5.60 Å². The topological polar surface area (TPSA) is 23.5 Å². The zero-order valence-corrected chi connectivity index (χ0v) is 11.9. The van der Waals surface area contributed by atoms with Crippen molar-refractivity contribution in [1.82, 2.24) is 4.90 Å². The molecule has 0 aromatic heterocycles. The lowest BCUT2D eigenvalue weighted by Gasteiger charge is -2.41. The maximum absolute atomic E-state index is 14.0. The number of rotatable bonds is 4. The summed E-state index contributed by atoms with van der Waals surface area (Å²) in [6.45, 7) is 0.835. The monoisotopic (exact) mass is 265 g/mol. The molecular weight excluding hydrogens is 241 g/mol. The molecular formula is C16H24FNO. The number of nitrogens with zero attached hydrogens (tertiary/aromatic N) is 1. The standard InChI is InChI=1S/C16H24FNO/c1-18(2)12-11-16(19)10-6-5-8-14(16)13-7-3-4-9-15(13)17/h3-4,7,9,14,19H,5-6,8,10-12H2,1-2H3/t14-,16-/m1/s1. The Labute approximate surface area is 115 Å². The molecule has 0 saturated heterocycles. The fourth-order valence-electron chi connectivity index (χ4n) is 3.14. The fourth-order valence-corrected chi connectivity index (χ4v) is 3.14. The van der Waals surface area contributed by atoms with Gasteiger partial charge in [-0.05, 0) is 45.0 Å². The molecule has 0 aliphatic heterocycles. The van der Waals surface area contributed by atoms with E-state index >= 15 is 0 Å². The predicted octanol–water partition coefficient (Wildman–Crippen LogP) is 3.17. The Balaban J connectivity index is 2.22. The highest BCUT2D eigenvalue weighted by Gasteiger charge is 2.40. The third kappa shape index (κ3) is 3.34. The van der Waals surface area contributed by atoms with Crippen molar-refractivity contribution in [2.45, 2.75) is 43.6 Å². The quantitative estimate of drug-likeness (QED) is 0.904. The van der Waals surface area contributed by atoms with Crippen LogP contribution in [0.15, 0.2) is 24.3 Å². The van der Waals surface area contributed by atoms with Crippen LogP contribution in [0.3, 0.4) is 0 Å². The van der Waals surface area contributed by atoms with Crippen molar-refractivity contribution in [3.05, 3.63) is 35.6 Å². The van der Waals surface area contributed by atoms with E-state index in [9.17, 15) is 9.50 Å². The molecule has 1 N–H and O–H groups in total. The molecule has 0 amide bonds. The minimum atomic E-state index is -0.759. The van der Waals surface area contributed by atoms with Gasteiger partial charge in [-0.15, -0.1) is 0 Å². The summed E-state index contributed by atoms with van der Waals surface area (Å²) in [5.41, 5.74) is -0.0755. The number of hydrogen-bond acceptors (Lipinski definition) is 2. The first-order valence-electron chi connectivity index (χ1n) is 7.14. The molecule has 19 heavy (non-hydrogen) atoms. The largest absolute Gasteiger partial charge is 0.389 e. The molecule has 3 heteroatoms. The van der Waals surface area contributed by atoms with Gasteiger partial charge in [0.1, 0.15) is 5.82 Å². The third-order valence-electron chi connectivity index (χ3n) is 4.27. The van der Waals surface area contributed by atoms with Crippen LogP contribution in [0, 0.1) is 5.82 Å². The van der Waals surface area contributed by atoms with Gasteiger partial charge < -0.3 is 10.0 Å². The number of benzene rings is 1. The first-order valence-corrected chi connectivity index (χ1v) is 7.14.